The second kappa shape index (κ2) is 5.98. The maximum Gasteiger partial charge on any atom is 0.292 e. The van der Waals surface area contributed by atoms with Crippen LogP contribution in [-0.2, 0) is 12.8 Å². The molecule has 0 unspecified atom stereocenters. The third-order valence-corrected chi connectivity index (χ3v) is 4.67. The lowest BCUT2D eigenvalue weighted by Gasteiger charge is -2.28. The number of amides is 1. The van der Waals surface area contributed by atoms with E-state index in [4.69, 9.17) is 4.52 Å². The van der Waals surface area contributed by atoms with Gasteiger partial charge >= 0.3 is 0 Å². The predicted octanol–water partition coefficient (Wildman–Crippen LogP) is 1.67. The zero-order valence-electron chi connectivity index (χ0n) is 12.9. The van der Waals surface area contributed by atoms with Gasteiger partial charge in [-0.3, -0.25) is 4.79 Å². The standard InChI is InChI=1S/C16H19N5O2/c22-16(14-4-7-19-23-14)21-8-5-12-13(6-9-21)17-10-18-15(12)20-11-2-1-3-11/h4,7,10-11H,1-3,5-6,8-9H2,(H,17,18,20). The van der Waals surface area contributed by atoms with Crippen molar-refractivity contribution in [2.75, 3.05) is 18.4 Å². The van der Waals surface area contributed by atoms with Crippen LogP contribution in [0.2, 0.25) is 0 Å². The number of hydrogen-bond acceptors (Lipinski definition) is 6. The van der Waals surface area contributed by atoms with Gasteiger partial charge < -0.3 is 14.7 Å². The first-order chi connectivity index (χ1) is 11.3. The molecule has 0 atom stereocenters. The highest BCUT2D eigenvalue weighted by Gasteiger charge is 2.25. The Bertz CT molecular complexity index is 697. The average molecular weight is 313 g/mol. The fourth-order valence-corrected chi connectivity index (χ4v) is 3.08. The van der Waals surface area contributed by atoms with E-state index in [1.807, 2.05) is 0 Å². The van der Waals surface area contributed by atoms with Crippen LogP contribution < -0.4 is 5.32 Å². The summed E-state index contributed by atoms with van der Waals surface area (Å²) in [5.41, 5.74) is 2.18. The Morgan fingerprint density at radius 2 is 2.13 bits per heavy atom. The fraction of sp³-hybridized carbons (Fsp3) is 0.500. The van der Waals surface area contributed by atoms with E-state index in [-0.39, 0.29) is 11.7 Å². The summed E-state index contributed by atoms with van der Waals surface area (Å²) in [7, 11) is 0. The van der Waals surface area contributed by atoms with E-state index in [0.29, 0.717) is 19.1 Å². The summed E-state index contributed by atoms with van der Waals surface area (Å²) in [6.07, 6.45) is 8.29. The zero-order valence-corrected chi connectivity index (χ0v) is 12.9. The second-order valence-electron chi connectivity index (χ2n) is 6.09. The highest BCUT2D eigenvalue weighted by Crippen LogP contribution is 2.26. The van der Waals surface area contributed by atoms with Gasteiger partial charge in [0, 0.05) is 37.2 Å². The summed E-state index contributed by atoms with van der Waals surface area (Å²) in [5.74, 6) is 1.11. The molecule has 3 heterocycles. The van der Waals surface area contributed by atoms with Crippen LogP contribution in [-0.4, -0.2) is 45.1 Å². The van der Waals surface area contributed by atoms with Gasteiger partial charge in [-0.15, -0.1) is 0 Å². The van der Waals surface area contributed by atoms with Crippen molar-refractivity contribution in [3.05, 3.63) is 35.6 Å². The number of aromatic nitrogens is 3. The molecule has 0 saturated heterocycles. The topological polar surface area (TPSA) is 84.2 Å². The van der Waals surface area contributed by atoms with Gasteiger partial charge in [-0.1, -0.05) is 5.16 Å². The normalized spacial score (nSPS) is 18.0. The molecule has 0 radical (unpaired) electrons. The lowest BCUT2D eigenvalue weighted by molar-refractivity contribution is 0.0721. The third kappa shape index (κ3) is 2.78. The SMILES string of the molecule is O=C(c1ccno1)N1CCc2ncnc(NC3CCC3)c2CC1. The van der Waals surface area contributed by atoms with Crippen LogP contribution in [0.4, 0.5) is 5.82 Å². The first kappa shape index (κ1) is 14.2. The minimum Gasteiger partial charge on any atom is -0.367 e. The molecule has 0 aromatic carbocycles. The first-order valence-corrected chi connectivity index (χ1v) is 8.10. The highest BCUT2D eigenvalue weighted by atomic mass is 16.5. The molecule has 1 saturated carbocycles. The van der Waals surface area contributed by atoms with Crippen LogP contribution in [0.5, 0.6) is 0 Å². The number of hydrogen-bond donors (Lipinski definition) is 1. The molecular formula is C16H19N5O2. The Morgan fingerprint density at radius 3 is 2.87 bits per heavy atom. The molecule has 120 valence electrons. The molecule has 7 heteroatoms. The van der Waals surface area contributed by atoms with Gasteiger partial charge in [0.25, 0.3) is 5.91 Å². The van der Waals surface area contributed by atoms with Gasteiger partial charge in [0.15, 0.2) is 0 Å². The zero-order chi connectivity index (χ0) is 15.6. The largest absolute Gasteiger partial charge is 0.367 e. The molecule has 0 spiro atoms. The lowest BCUT2D eigenvalue weighted by Crippen LogP contribution is -2.33. The Hall–Kier alpha value is -2.44. The molecule has 1 aliphatic carbocycles. The quantitative estimate of drug-likeness (QED) is 0.928. The number of nitrogens with zero attached hydrogens (tertiary/aromatic N) is 4. The van der Waals surface area contributed by atoms with Gasteiger partial charge in [0.1, 0.15) is 12.1 Å². The Kier molecular flexibility index (Phi) is 3.69. The van der Waals surface area contributed by atoms with E-state index in [9.17, 15) is 4.79 Å². The summed E-state index contributed by atoms with van der Waals surface area (Å²) in [6.45, 7) is 1.27. The first-order valence-electron chi connectivity index (χ1n) is 8.10. The average Bonchev–Trinajstić information content (AvgIpc) is 2.97. The molecule has 2 aromatic heterocycles. The number of rotatable bonds is 3. The Balaban J connectivity index is 1.51. The van der Waals surface area contributed by atoms with Crippen LogP contribution >= 0.6 is 0 Å². The van der Waals surface area contributed by atoms with Gasteiger partial charge in [-0.25, -0.2) is 9.97 Å². The number of fused-ring (bicyclic) bond motifs is 1. The van der Waals surface area contributed by atoms with E-state index < -0.39 is 0 Å². The summed E-state index contributed by atoms with van der Waals surface area (Å²) in [4.78, 5) is 23.1. The van der Waals surface area contributed by atoms with Gasteiger partial charge in [-0.05, 0) is 25.7 Å². The Labute approximate surface area is 134 Å². The number of anilines is 1. The smallest absolute Gasteiger partial charge is 0.292 e. The Morgan fingerprint density at radius 1 is 1.26 bits per heavy atom. The van der Waals surface area contributed by atoms with E-state index in [0.717, 1.165) is 29.9 Å². The maximum absolute atomic E-state index is 12.4. The number of carbonyl (C=O) groups is 1. The molecule has 1 fully saturated rings. The third-order valence-electron chi connectivity index (χ3n) is 4.67. The van der Waals surface area contributed by atoms with Crippen LogP contribution in [0.1, 0.15) is 41.1 Å². The molecule has 2 aliphatic rings. The summed E-state index contributed by atoms with van der Waals surface area (Å²) in [5, 5.41) is 7.13. The van der Waals surface area contributed by atoms with Crippen molar-refractivity contribution in [1.82, 2.24) is 20.0 Å². The molecule has 1 amide bonds. The van der Waals surface area contributed by atoms with Crippen molar-refractivity contribution in [3.8, 4) is 0 Å². The van der Waals surface area contributed by atoms with E-state index >= 15 is 0 Å². The predicted molar refractivity (Wildman–Crippen MR) is 83.1 cm³/mol. The summed E-state index contributed by atoms with van der Waals surface area (Å²) in [6, 6.07) is 2.13. The van der Waals surface area contributed by atoms with Gasteiger partial charge in [0.2, 0.25) is 5.76 Å². The summed E-state index contributed by atoms with van der Waals surface area (Å²) >= 11 is 0. The van der Waals surface area contributed by atoms with E-state index in [1.54, 1.807) is 17.3 Å². The van der Waals surface area contributed by atoms with Gasteiger partial charge in [0.05, 0.1) is 11.9 Å². The van der Waals surface area contributed by atoms with Crippen LogP contribution in [0.15, 0.2) is 23.1 Å². The van der Waals surface area contributed by atoms with Crippen molar-refractivity contribution in [2.24, 2.45) is 0 Å². The monoisotopic (exact) mass is 313 g/mol. The van der Waals surface area contributed by atoms with Crippen LogP contribution in [0.25, 0.3) is 0 Å². The van der Waals surface area contributed by atoms with E-state index in [2.05, 4.69) is 20.4 Å². The molecule has 4 rings (SSSR count). The molecule has 2 aromatic rings. The van der Waals surface area contributed by atoms with Gasteiger partial charge in [-0.2, -0.15) is 0 Å². The maximum atomic E-state index is 12.4. The van der Waals surface area contributed by atoms with Crippen LogP contribution in [0.3, 0.4) is 0 Å². The van der Waals surface area contributed by atoms with E-state index in [1.165, 1.54) is 25.5 Å². The van der Waals surface area contributed by atoms with Crippen molar-refractivity contribution in [1.29, 1.82) is 0 Å². The minimum atomic E-state index is -0.114. The van der Waals surface area contributed by atoms with Crippen LogP contribution in [0, 0.1) is 0 Å². The van der Waals surface area contributed by atoms with Crippen molar-refractivity contribution >= 4 is 11.7 Å². The van der Waals surface area contributed by atoms with Crippen molar-refractivity contribution in [2.45, 2.75) is 38.1 Å². The summed E-state index contributed by atoms with van der Waals surface area (Å²) < 4.78 is 4.98. The number of carbonyl (C=O) groups excluding carboxylic acids is 1. The molecule has 1 aliphatic heterocycles. The molecule has 7 nitrogen and oxygen atoms in total. The fourth-order valence-electron chi connectivity index (χ4n) is 3.08. The molecule has 1 N–H and O–H groups in total. The number of nitrogens with one attached hydrogen (secondary N) is 1. The second-order valence-corrected chi connectivity index (χ2v) is 6.09. The molecule has 23 heavy (non-hydrogen) atoms. The highest BCUT2D eigenvalue weighted by molar-refractivity contribution is 5.91. The van der Waals surface area contributed by atoms with Crippen molar-refractivity contribution in [3.63, 3.8) is 0 Å². The minimum absolute atomic E-state index is 0.114. The van der Waals surface area contributed by atoms with Crippen molar-refractivity contribution < 1.29 is 9.32 Å². The molecule has 0 bridgehead atoms. The molecular weight excluding hydrogens is 294 g/mol. The lowest BCUT2D eigenvalue weighted by atomic mass is 9.93.